The summed E-state index contributed by atoms with van der Waals surface area (Å²) in [5.74, 6) is -0.211. The molecule has 0 saturated heterocycles. The number of nitrogens with zero attached hydrogens (tertiary/aromatic N) is 2. The fourth-order valence-corrected chi connectivity index (χ4v) is 1.74. The summed E-state index contributed by atoms with van der Waals surface area (Å²) < 4.78 is 0.720. The molecule has 0 aliphatic heterocycles. The van der Waals surface area contributed by atoms with Crippen LogP contribution in [0.4, 0.5) is 0 Å². The molecule has 2 aromatic rings. The van der Waals surface area contributed by atoms with Gasteiger partial charge in [0.15, 0.2) is 0 Å². The Balaban J connectivity index is 2.01. The summed E-state index contributed by atoms with van der Waals surface area (Å²) in [6, 6.07) is 8.19. The number of hydrazone groups is 1. The largest absolute Gasteiger partial charge is 0.508 e. The minimum absolute atomic E-state index is 0.145. The molecule has 0 spiro atoms. The number of pyridine rings is 1. The van der Waals surface area contributed by atoms with Crippen molar-refractivity contribution in [3.8, 4) is 5.75 Å². The molecule has 0 radical (unpaired) electrons. The number of rotatable bonds is 3. The predicted molar refractivity (Wildman–Crippen MR) is 75.1 cm³/mol. The molecule has 1 aromatic carbocycles. The van der Waals surface area contributed by atoms with E-state index in [1.165, 1.54) is 18.5 Å². The van der Waals surface area contributed by atoms with Crippen LogP contribution >= 0.6 is 15.9 Å². The maximum atomic E-state index is 11.7. The number of carbonyl (C=O) groups is 1. The van der Waals surface area contributed by atoms with Crippen molar-refractivity contribution in [2.24, 2.45) is 5.10 Å². The van der Waals surface area contributed by atoms with Crippen LogP contribution in [-0.2, 0) is 0 Å². The number of hydrogen-bond acceptors (Lipinski definition) is 4. The van der Waals surface area contributed by atoms with Crippen LogP contribution in [0.25, 0.3) is 0 Å². The number of benzene rings is 1. The summed E-state index contributed by atoms with van der Waals surface area (Å²) in [6.45, 7) is 0. The second-order valence-electron chi connectivity index (χ2n) is 3.69. The number of hydrogen-bond donors (Lipinski definition) is 2. The molecule has 0 aliphatic carbocycles. The van der Waals surface area contributed by atoms with E-state index in [1.807, 2.05) is 0 Å². The lowest BCUT2D eigenvalue weighted by Crippen LogP contribution is -2.17. The molecule has 19 heavy (non-hydrogen) atoms. The Kier molecular flexibility index (Phi) is 4.25. The molecule has 0 fully saturated rings. The number of phenolic OH excluding ortho intramolecular Hbond substituents is 1. The van der Waals surface area contributed by atoms with Gasteiger partial charge in [-0.05, 0) is 39.7 Å². The summed E-state index contributed by atoms with van der Waals surface area (Å²) in [5.41, 5.74) is 3.47. The summed E-state index contributed by atoms with van der Waals surface area (Å²) in [4.78, 5) is 15.6. The quantitative estimate of drug-likeness (QED) is 0.673. The van der Waals surface area contributed by atoms with Gasteiger partial charge in [-0.3, -0.25) is 9.78 Å². The van der Waals surface area contributed by atoms with Crippen LogP contribution in [0.3, 0.4) is 0 Å². The number of aromatic hydroxyl groups is 1. The lowest BCUT2D eigenvalue weighted by Gasteiger charge is -1.99. The maximum Gasteiger partial charge on any atom is 0.272 e. The topological polar surface area (TPSA) is 74.6 Å². The molecule has 2 rings (SSSR count). The minimum atomic E-state index is -0.356. The highest BCUT2D eigenvalue weighted by Gasteiger charge is 2.04. The molecule has 0 atom stereocenters. The first-order chi connectivity index (χ1) is 9.15. The molecule has 1 aromatic heterocycles. The first-order valence-corrected chi connectivity index (χ1v) is 6.17. The molecule has 2 N–H and O–H groups in total. The number of halogens is 1. The molecule has 6 heteroatoms. The summed E-state index contributed by atoms with van der Waals surface area (Å²) >= 11 is 3.23. The molecule has 0 saturated carbocycles. The van der Waals surface area contributed by atoms with Crippen molar-refractivity contribution in [2.75, 3.05) is 0 Å². The van der Waals surface area contributed by atoms with Crippen molar-refractivity contribution in [3.63, 3.8) is 0 Å². The average molecular weight is 320 g/mol. The fourth-order valence-electron chi connectivity index (χ4n) is 1.37. The standard InChI is InChI=1S/C13H10BrN3O2/c14-11-5-10(7-15-8-11)13(19)17-16-6-9-2-1-3-12(18)4-9/h1-8,18H,(H,17,19)/b16-6-. The molecule has 1 heterocycles. The van der Waals surface area contributed by atoms with Crippen LogP contribution in [0.15, 0.2) is 52.3 Å². The van der Waals surface area contributed by atoms with Gasteiger partial charge in [0.2, 0.25) is 0 Å². The van der Waals surface area contributed by atoms with Gasteiger partial charge in [0, 0.05) is 16.9 Å². The van der Waals surface area contributed by atoms with Crippen LogP contribution in [0.5, 0.6) is 5.75 Å². The van der Waals surface area contributed by atoms with E-state index in [4.69, 9.17) is 0 Å². The van der Waals surface area contributed by atoms with Gasteiger partial charge in [-0.15, -0.1) is 0 Å². The molecular weight excluding hydrogens is 310 g/mol. The Morgan fingerprint density at radius 2 is 2.21 bits per heavy atom. The average Bonchev–Trinajstić information content (AvgIpc) is 2.38. The van der Waals surface area contributed by atoms with Gasteiger partial charge in [0.1, 0.15) is 5.75 Å². The van der Waals surface area contributed by atoms with E-state index in [-0.39, 0.29) is 11.7 Å². The Morgan fingerprint density at radius 1 is 1.37 bits per heavy atom. The molecule has 5 nitrogen and oxygen atoms in total. The van der Waals surface area contributed by atoms with Crippen LogP contribution in [0, 0.1) is 0 Å². The van der Waals surface area contributed by atoms with Gasteiger partial charge in [-0.25, -0.2) is 5.43 Å². The molecule has 96 valence electrons. The SMILES string of the molecule is O=C(N/N=C\c1cccc(O)c1)c1cncc(Br)c1. The molecule has 1 amide bonds. The molecule has 0 bridgehead atoms. The zero-order valence-electron chi connectivity index (χ0n) is 9.75. The van der Waals surface area contributed by atoms with Gasteiger partial charge in [0.25, 0.3) is 5.91 Å². The van der Waals surface area contributed by atoms with E-state index < -0.39 is 0 Å². The Labute approximate surface area is 118 Å². The van der Waals surface area contributed by atoms with Crippen LogP contribution in [-0.4, -0.2) is 22.2 Å². The van der Waals surface area contributed by atoms with Crippen molar-refractivity contribution in [2.45, 2.75) is 0 Å². The number of nitrogens with one attached hydrogen (secondary N) is 1. The highest BCUT2D eigenvalue weighted by molar-refractivity contribution is 9.10. The number of phenols is 1. The third kappa shape index (κ3) is 3.89. The Morgan fingerprint density at radius 3 is 2.95 bits per heavy atom. The number of aromatic nitrogens is 1. The Hall–Kier alpha value is -2.21. The number of carbonyl (C=O) groups excluding carboxylic acids is 1. The van der Waals surface area contributed by atoms with Crippen LogP contribution < -0.4 is 5.43 Å². The highest BCUT2D eigenvalue weighted by Crippen LogP contribution is 2.10. The van der Waals surface area contributed by atoms with Crippen molar-refractivity contribution >= 4 is 28.1 Å². The van der Waals surface area contributed by atoms with E-state index in [0.29, 0.717) is 11.1 Å². The Bertz CT molecular complexity index is 629. The van der Waals surface area contributed by atoms with E-state index >= 15 is 0 Å². The van der Waals surface area contributed by atoms with Crippen LogP contribution in [0.2, 0.25) is 0 Å². The number of amides is 1. The molecular formula is C13H10BrN3O2. The van der Waals surface area contributed by atoms with Gasteiger partial charge in [-0.2, -0.15) is 5.10 Å². The summed E-state index contributed by atoms with van der Waals surface area (Å²) in [7, 11) is 0. The first kappa shape index (κ1) is 13.2. The smallest absolute Gasteiger partial charge is 0.272 e. The van der Waals surface area contributed by atoms with Crippen molar-refractivity contribution in [1.82, 2.24) is 10.4 Å². The minimum Gasteiger partial charge on any atom is -0.508 e. The normalized spacial score (nSPS) is 10.6. The summed E-state index contributed by atoms with van der Waals surface area (Å²) in [5, 5.41) is 13.1. The fraction of sp³-hybridized carbons (Fsp3) is 0. The highest BCUT2D eigenvalue weighted by atomic mass is 79.9. The van der Waals surface area contributed by atoms with Gasteiger partial charge in [-0.1, -0.05) is 12.1 Å². The van der Waals surface area contributed by atoms with Crippen molar-refractivity contribution in [3.05, 3.63) is 58.3 Å². The van der Waals surface area contributed by atoms with Crippen molar-refractivity contribution < 1.29 is 9.90 Å². The van der Waals surface area contributed by atoms with Gasteiger partial charge in [0.05, 0.1) is 11.8 Å². The third-order valence-corrected chi connectivity index (χ3v) is 2.65. The van der Waals surface area contributed by atoms with E-state index in [1.54, 1.807) is 30.5 Å². The zero-order chi connectivity index (χ0) is 13.7. The van der Waals surface area contributed by atoms with E-state index in [0.717, 1.165) is 4.47 Å². The lowest BCUT2D eigenvalue weighted by atomic mass is 10.2. The van der Waals surface area contributed by atoms with E-state index in [9.17, 15) is 9.90 Å². The molecule has 0 aliphatic rings. The van der Waals surface area contributed by atoms with Crippen LogP contribution in [0.1, 0.15) is 15.9 Å². The van der Waals surface area contributed by atoms with Gasteiger partial charge >= 0.3 is 0 Å². The first-order valence-electron chi connectivity index (χ1n) is 5.38. The monoisotopic (exact) mass is 319 g/mol. The molecule has 0 unspecified atom stereocenters. The lowest BCUT2D eigenvalue weighted by molar-refractivity contribution is 0.0954. The maximum absolute atomic E-state index is 11.7. The van der Waals surface area contributed by atoms with Crippen molar-refractivity contribution in [1.29, 1.82) is 0 Å². The second-order valence-corrected chi connectivity index (χ2v) is 4.60. The van der Waals surface area contributed by atoms with Gasteiger partial charge < -0.3 is 5.11 Å². The second kappa shape index (κ2) is 6.10. The third-order valence-electron chi connectivity index (χ3n) is 2.22. The predicted octanol–water partition coefficient (Wildman–Crippen LogP) is 2.31. The summed E-state index contributed by atoms with van der Waals surface area (Å²) in [6.07, 6.45) is 4.49. The van der Waals surface area contributed by atoms with E-state index in [2.05, 4.69) is 31.4 Å². The zero-order valence-corrected chi connectivity index (χ0v) is 11.3.